The van der Waals surface area contributed by atoms with Crippen molar-refractivity contribution < 1.29 is 14.0 Å². The molecule has 2 atom stereocenters. The van der Waals surface area contributed by atoms with Crippen molar-refractivity contribution in [1.82, 2.24) is 26.7 Å². The van der Waals surface area contributed by atoms with E-state index in [-0.39, 0.29) is 29.6 Å². The van der Waals surface area contributed by atoms with E-state index in [4.69, 9.17) is 0 Å². The molecule has 1 aliphatic heterocycles. The van der Waals surface area contributed by atoms with Crippen LogP contribution < -0.4 is 26.6 Å². The van der Waals surface area contributed by atoms with Gasteiger partial charge in [0.25, 0.3) is 0 Å². The van der Waals surface area contributed by atoms with E-state index < -0.39 is 12.1 Å². The van der Waals surface area contributed by atoms with Crippen LogP contribution in [0.3, 0.4) is 0 Å². The molecule has 0 saturated carbocycles. The summed E-state index contributed by atoms with van der Waals surface area (Å²) in [7, 11) is 0. The monoisotopic (exact) mass is 504 g/mol. The third kappa shape index (κ3) is 6.56. The molecule has 0 radical (unpaired) electrons. The molecule has 0 bridgehead atoms. The van der Waals surface area contributed by atoms with Gasteiger partial charge in [0.15, 0.2) is 0 Å². The van der Waals surface area contributed by atoms with Crippen LogP contribution in [0.4, 0.5) is 10.1 Å². The fourth-order valence-corrected chi connectivity index (χ4v) is 4.26. The first-order chi connectivity index (χ1) is 17.7. The second kappa shape index (κ2) is 11.6. The number of nitrogens with zero attached hydrogens (tertiary/aromatic N) is 2. The highest BCUT2D eigenvalue weighted by atomic mass is 19.1. The van der Waals surface area contributed by atoms with Crippen molar-refractivity contribution in [2.24, 2.45) is 0 Å². The topological polar surface area (TPSA) is 98.4 Å². The molecule has 1 aliphatic rings. The van der Waals surface area contributed by atoms with Crippen LogP contribution in [0.25, 0.3) is 0 Å². The van der Waals surface area contributed by atoms with Gasteiger partial charge in [0, 0.05) is 36.7 Å². The second-order valence-corrected chi connectivity index (χ2v) is 10.1. The van der Waals surface area contributed by atoms with Crippen LogP contribution in [0.1, 0.15) is 43.5 Å². The summed E-state index contributed by atoms with van der Waals surface area (Å²) in [6, 6.07) is 16.0. The second-order valence-electron chi connectivity index (χ2n) is 10.1. The van der Waals surface area contributed by atoms with Gasteiger partial charge in [-0.3, -0.25) is 19.5 Å². The zero-order chi connectivity index (χ0) is 26.4. The molecular formula is C28H33FN6O2. The lowest BCUT2D eigenvalue weighted by Crippen LogP contribution is -2.51. The number of hydrogen-bond acceptors (Lipinski definition) is 6. The number of hydrazine groups is 2. The van der Waals surface area contributed by atoms with E-state index in [1.54, 1.807) is 30.6 Å². The van der Waals surface area contributed by atoms with Crippen molar-refractivity contribution >= 4 is 17.5 Å². The molecule has 0 aliphatic carbocycles. The summed E-state index contributed by atoms with van der Waals surface area (Å²) in [5.41, 5.74) is 11.6. The van der Waals surface area contributed by atoms with E-state index in [0.717, 1.165) is 11.1 Å². The van der Waals surface area contributed by atoms with Gasteiger partial charge in [-0.05, 0) is 53.3 Å². The zero-order valence-corrected chi connectivity index (χ0v) is 21.3. The SMILES string of the molecule is CC(C)(C)c1ccc(N(C(=O)C2CNNN2)C(C(=O)NCCc2cccc(F)c2)c2cccnc2)cc1. The normalized spacial score (nSPS) is 16.3. The number of aromatic nitrogens is 1. The lowest BCUT2D eigenvalue weighted by molar-refractivity contribution is -0.127. The molecule has 4 N–H and O–H groups in total. The van der Waals surface area contributed by atoms with Crippen LogP contribution in [0, 0.1) is 5.82 Å². The van der Waals surface area contributed by atoms with Crippen LogP contribution in [0.5, 0.6) is 0 Å². The van der Waals surface area contributed by atoms with Gasteiger partial charge in [0.2, 0.25) is 11.8 Å². The van der Waals surface area contributed by atoms with Gasteiger partial charge in [-0.1, -0.05) is 51.1 Å². The van der Waals surface area contributed by atoms with Crippen LogP contribution in [-0.2, 0) is 21.4 Å². The van der Waals surface area contributed by atoms with Gasteiger partial charge in [-0.25, -0.2) is 15.2 Å². The van der Waals surface area contributed by atoms with E-state index in [1.807, 2.05) is 30.3 Å². The lowest BCUT2D eigenvalue weighted by Gasteiger charge is -2.33. The number of carbonyl (C=O) groups is 2. The van der Waals surface area contributed by atoms with Crippen molar-refractivity contribution in [3.05, 3.63) is 95.6 Å². The molecule has 2 unspecified atom stereocenters. The molecular weight excluding hydrogens is 471 g/mol. The number of anilines is 1. The lowest BCUT2D eigenvalue weighted by atomic mass is 9.87. The largest absolute Gasteiger partial charge is 0.354 e. The van der Waals surface area contributed by atoms with E-state index >= 15 is 0 Å². The number of carbonyl (C=O) groups excluding carboxylic acids is 2. The zero-order valence-electron chi connectivity index (χ0n) is 21.3. The van der Waals surface area contributed by atoms with Crippen molar-refractivity contribution in [1.29, 1.82) is 0 Å². The van der Waals surface area contributed by atoms with Gasteiger partial charge < -0.3 is 5.32 Å². The summed E-state index contributed by atoms with van der Waals surface area (Å²) < 4.78 is 13.6. The summed E-state index contributed by atoms with van der Waals surface area (Å²) >= 11 is 0. The molecule has 2 aromatic carbocycles. The standard InChI is InChI=1S/C28H33FN6O2/c1-28(2,3)21-9-11-23(12-10-21)35(27(37)24-18-32-34-33-24)25(20-7-5-14-30-17-20)26(36)31-15-13-19-6-4-8-22(29)16-19/h4-12,14,16-17,24-25,32-34H,13,15,18H2,1-3H3,(H,31,36). The first-order valence-electron chi connectivity index (χ1n) is 12.3. The Balaban J connectivity index is 1.67. The van der Waals surface area contributed by atoms with E-state index in [2.05, 4.69) is 47.5 Å². The van der Waals surface area contributed by atoms with Crippen LogP contribution >= 0.6 is 0 Å². The quantitative estimate of drug-likeness (QED) is 0.377. The summed E-state index contributed by atoms with van der Waals surface area (Å²) in [5, 5.41) is 2.95. The number of pyridine rings is 1. The Morgan fingerprint density at radius 3 is 2.54 bits per heavy atom. The fraction of sp³-hybridized carbons (Fsp3) is 0.321. The molecule has 194 valence electrons. The van der Waals surface area contributed by atoms with E-state index in [9.17, 15) is 14.0 Å². The molecule has 0 spiro atoms. The average molecular weight is 505 g/mol. The smallest absolute Gasteiger partial charge is 0.247 e. The number of rotatable bonds is 8. The van der Waals surface area contributed by atoms with Gasteiger partial charge in [-0.15, -0.1) is 0 Å². The van der Waals surface area contributed by atoms with Crippen LogP contribution in [-0.4, -0.2) is 35.9 Å². The number of benzene rings is 2. The minimum absolute atomic E-state index is 0.0642. The molecule has 2 amide bonds. The molecule has 37 heavy (non-hydrogen) atoms. The predicted octanol–water partition coefficient (Wildman–Crippen LogP) is 2.93. The van der Waals surface area contributed by atoms with Crippen molar-refractivity contribution in [2.75, 3.05) is 18.0 Å². The van der Waals surface area contributed by atoms with Gasteiger partial charge in [-0.2, -0.15) is 5.53 Å². The predicted molar refractivity (Wildman–Crippen MR) is 141 cm³/mol. The highest BCUT2D eigenvalue weighted by Gasteiger charge is 2.37. The van der Waals surface area contributed by atoms with Gasteiger partial charge >= 0.3 is 0 Å². The Kier molecular flexibility index (Phi) is 8.27. The first kappa shape index (κ1) is 26.4. The molecule has 1 fully saturated rings. The number of hydrogen-bond donors (Lipinski definition) is 4. The summed E-state index contributed by atoms with van der Waals surface area (Å²) in [5.74, 6) is -0.939. The summed E-state index contributed by atoms with van der Waals surface area (Å²) in [4.78, 5) is 33.2. The van der Waals surface area contributed by atoms with E-state index in [0.29, 0.717) is 24.2 Å². The van der Waals surface area contributed by atoms with Crippen molar-refractivity contribution in [2.45, 2.75) is 44.7 Å². The minimum atomic E-state index is -0.961. The average Bonchev–Trinajstić information content (AvgIpc) is 3.42. The maximum Gasteiger partial charge on any atom is 0.247 e. The number of amides is 2. The third-order valence-corrected chi connectivity index (χ3v) is 6.30. The maximum absolute atomic E-state index is 13.8. The molecule has 1 aromatic heterocycles. The first-order valence-corrected chi connectivity index (χ1v) is 12.3. The Bertz CT molecular complexity index is 1210. The highest BCUT2D eigenvalue weighted by molar-refractivity contribution is 6.04. The molecule has 8 nitrogen and oxygen atoms in total. The molecule has 9 heteroatoms. The van der Waals surface area contributed by atoms with Crippen LogP contribution in [0.15, 0.2) is 73.1 Å². The van der Waals surface area contributed by atoms with Crippen LogP contribution in [0.2, 0.25) is 0 Å². The van der Waals surface area contributed by atoms with E-state index in [1.165, 1.54) is 17.0 Å². The molecule has 4 rings (SSSR count). The Morgan fingerprint density at radius 1 is 1.14 bits per heavy atom. The molecule has 3 aromatic rings. The number of nitrogens with one attached hydrogen (secondary N) is 4. The summed E-state index contributed by atoms with van der Waals surface area (Å²) in [6.07, 6.45) is 3.67. The number of halogens is 1. The summed E-state index contributed by atoms with van der Waals surface area (Å²) in [6.45, 7) is 7.00. The Labute approximate surface area is 216 Å². The fourth-order valence-electron chi connectivity index (χ4n) is 4.26. The van der Waals surface area contributed by atoms with Crippen molar-refractivity contribution in [3.63, 3.8) is 0 Å². The maximum atomic E-state index is 13.8. The molecule has 1 saturated heterocycles. The third-order valence-electron chi connectivity index (χ3n) is 6.30. The van der Waals surface area contributed by atoms with Crippen molar-refractivity contribution in [3.8, 4) is 0 Å². The Morgan fingerprint density at radius 2 is 1.92 bits per heavy atom. The Hall–Kier alpha value is -3.66. The van der Waals surface area contributed by atoms with Gasteiger partial charge in [0.05, 0.1) is 0 Å². The van der Waals surface area contributed by atoms with Gasteiger partial charge in [0.1, 0.15) is 17.9 Å². The minimum Gasteiger partial charge on any atom is -0.354 e. The molecule has 2 heterocycles. The highest BCUT2D eigenvalue weighted by Crippen LogP contribution is 2.31.